The molecule has 2 heterocycles. The fourth-order valence-electron chi connectivity index (χ4n) is 2.98. The third kappa shape index (κ3) is 5.70. The van der Waals surface area contributed by atoms with Gasteiger partial charge in [0.15, 0.2) is 5.69 Å². The summed E-state index contributed by atoms with van der Waals surface area (Å²) in [4.78, 5) is 0. The summed E-state index contributed by atoms with van der Waals surface area (Å²) < 4.78 is 63.7. The Morgan fingerprint density at radius 3 is 2.88 bits per heavy atom. The van der Waals surface area contributed by atoms with Crippen LogP contribution in [0.4, 0.5) is 20.3 Å². The van der Waals surface area contributed by atoms with Crippen LogP contribution in [0.15, 0.2) is 32.5 Å². The molecule has 3 rings (SSSR count). The number of oxime groups is 1. The minimum absolute atomic E-state index is 0.0387. The van der Waals surface area contributed by atoms with E-state index >= 15 is 4.39 Å². The van der Waals surface area contributed by atoms with Gasteiger partial charge in [0.2, 0.25) is 11.7 Å². The van der Waals surface area contributed by atoms with Crippen LogP contribution in [0.25, 0.3) is 0 Å². The summed E-state index contributed by atoms with van der Waals surface area (Å²) in [6.07, 6.45) is -0.633. The van der Waals surface area contributed by atoms with Crippen molar-refractivity contribution in [2.24, 2.45) is 5.16 Å². The van der Waals surface area contributed by atoms with E-state index in [1.807, 2.05) is 0 Å². The molecule has 176 valence electrons. The summed E-state index contributed by atoms with van der Waals surface area (Å²) in [6.45, 7) is 2.37. The number of benzene rings is 1. The number of halogens is 3. The number of nitrogens with zero attached hydrogens (tertiary/aromatic N) is 4. The maximum absolute atomic E-state index is 15.2. The van der Waals surface area contributed by atoms with Gasteiger partial charge in [-0.2, -0.15) is 12.7 Å². The van der Waals surface area contributed by atoms with Crippen LogP contribution in [0.3, 0.4) is 0 Å². The van der Waals surface area contributed by atoms with E-state index in [4.69, 9.17) is 4.18 Å². The fourth-order valence-corrected chi connectivity index (χ4v) is 4.67. The number of hydrogen-bond acceptors (Lipinski definition) is 9. The molecule has 15 heteroatoms. The topological polar surface area (TPSA) is 142 Å². The Balaban J connectivity index is 1.67. The second-order valence-electron chi connectivity index (χ2n) is 7.35. The molecule has 1 aromatic carbocycles. The Bertz CT molecular complexity index is 1100. The lowest BCUT2D eigenvalue weighted by molar-refractivity contribution is 0.184. The number of nitrogens with one attached hydrogen (secondary N) is 2. The molecule has 1 aliphatic rings. The van der Waals surface area contributed by atoms with Crippen LogP contribution >= 0.6 is 15.9 Å². The van der Waals surface area contributed by atoms with Gasteiger partial charge in [0.05, 0.1) is 23.7 Å². The number of aromatic nitrogens is 2. The first-order valence-corrected chi connectivity index (χ1v) is 11.6. The molecule has 3 N–H and O–H groups in total. The Hall–Kier alpha value is -2.36. The minimum atomic E-state index is -4.04. The third-order valence-electron chi connectivity index (χ3n) is 4.47. The maximum Gasteiger partial charge on any atom is 0.338 e. The smallest absolute Gasteiger partial charge is 0.338 e. The van der Waals surface area contributed by atoms with Crippen LogP contribution < -0.4 is 10.6 Å². The number of rotatable bonds is 8. The quantitative estimate of drug-likeness (QED) is 0.200. The van der Waals surface area contributed by atoms with Crippen molar-refractivity contribution < 1.29 is 31.2 Å². The Morgan fingerprint density at radius 2 is 2.22 bits per heavy atom. The molecular weight excluding hydrogens is 518 g/mol. The first-order chi connectivity index (χ1) is 15.0. The van der Waals surface area contributed by atoms with Crippen LogP contribution in [-0.4, -0.2) is 65.5 Å². The van der Waals surface area contributed by atoms with Crippen molar-refractivity contribution in [3.63, 3.8) is 0 Å². The van der Waals surface area contributed by atoms with Gasteiger partial charge in [-0.15, -0.1) is 0 Å². The molecule has 0 bridgehead atoms. The molecule has 11 nitrogen and oxygen atoms in total. The second kappa shape index (κ2) is 9.64. The van der Waals surface area contributed by atoms with Gasteiger partial charge in [-0.3, -0.25) is 4.18 Å². The summed E-state index contributed by atoms with van der Waals surface area (Å²) in [5.74, 6) is -0.715. The van der Waals surface area contributed by atoms with Crippen molar-refractivity contribution in [2.75, 3.05) is 30.3 Å². The summed E-state index contributed by atoms with van der Waals surface area (Å²) in [5.41, 5.74) is -1.61. The molecule has 0 spiro atoms. The molecule has 0 unspecified atom stereocenters. The summed E-state index contributed by atoms with van der Waals surface area (Å²) >= 11 is 3.05. The molecule has 1 fully saturated rings. The molecule has 2 aromatic rings. The molecule has 1 aromatic heterocycles. The van der Waals surface area contributed by atoms with Crippen LogP contribution in [0.2, 0.25) is 0 Å². The first kappa shape index (κ1) is 24.3. The lowest BCUT2D eigenvalue weighted by Gasteiger charge is -2.21. The maximum atomic E-state index is 15.2. The Kier molecular flexibility index (Phi) is 7.32. The molecule has 0 saturated carbocycles. The third-order valence-corrected chi connectivity index (χ3v) is 6.65. The average molecular weight is 539 g/mol. The van der Waals surface area contributed by atoms with Gasteiger partial charge in [0.1, 0.15) is 11.5 Å². The zero-order valence-corrected chi connectivity index (χ0v) is 19.5. The summed E-state index contributed by atoms with van der Waals surface area (Å²) in [5, 5.41) is 25.2. The molecule has 1 saturated heterocycles. The Morgan fingerprint density at radius 1 is 1.47 bits per heavy atom. The van der Waals surface area contributed by atoms with Crippen molar-refractivity contribution in [3.8, 4) is 0 Å². The van der Waals surface area contributed by atoms with Crippen LogP contribution in [0.5, 0.6) is 0 Å². The summed E-state index contributed by atoms with van der Waals surface area (Å²) in [7, 11) is -4.04. The minimum Gasteiger partial charge on any atom is -0.409 e. The SMILES string of the molecule is CC(C)OS(=O)(=O)N1CC[C@@](F)(CNc2nonc2/C(=N/O)Nc2ccc(F)c(Br)c2)C1. The standard InChI is InChI=1S/C17H21BrF2N6O5S/c1-10(2)30-32(28,29)26-6-5-17(20,9-26)8-21-15-14(24-31-25-15)16(23-27)22-11-3-4-13(19)12(18)7-11/h3-4,7,10,27H,5-6,8-9H2,1-2H3,(H,21,25)(H,22,23)/t17-/m1/s1. The molecule has 0 aliphatic carbocycles. The van der Waals surface area contributed by atoms with Crippen LogP contribution in [-0.2, 0) is 14.5 Å². The molecule has 0 amide bonds. The average Bonchev–Trinajstić information content (AvgIpc) is 3.34. The summed E-state index contributed by atoms with van der Waals surface area (Å²) in [6, 6.07) is 4.00. The van der Waals surface area contributed by atoms with E-state index in [9.17, 15) is 18.0 Å². The van der Waals surface area contributed by atoms with Gasteiger partial charge in [-0.05, 0) is 64.7 Å². The highest BCUT2D eigenvalue weighted by Crippen LogP contribution is 2.29. The molecule has 0 radical (unpaired) electrons. The van der Waals surface area contributed by atoms with E-state index in [1.54, 1.807) is 13.8 Å². The highest BCUT2D eigenvalue weighted by Gasteiger charge is 2.44. The largest absolute Gasteiger partial charge is 0.409 e. The lowest BCUT2D eigenvalue weighted by atomic mass is 10.1. The van der Waals surface area contributed by atoms with Gasteiger partial charge in [-0.25, -0.2) is 13.4 Å². The van der Waals surface area contributed by atoms with E-state index in [-0.39, 0.29) is 41.3 Å². The van der Waals surface area contributed by atoms with E-state index in [1.165, 1.54) is 18.2 Å². The normalized spacial score (nSPS) is 20.1. The van der Waals surface area contributed by atoms with Crippen molar-refractivity contribution in [3.05, 3.63) is 34.2 Å². The molecule has 1 atom stereocenters. The van der Waals surface area contributed by atoms with E-state index < -0.39 is 34.4 Å². The monoisotopic (exact) mass is 538 g/mol. The molecule has 32 heavy (non-hydrogen) atoms. The fraction of sp³-hybridized carbons (Fsp3) is 0.471. The predicted octanol–water partition coefficient (Wildman–Crippen LogP) is 2.71. The van der Waals surface area contributed by atoms with Crippen LogP contribution in [0, 0.1) is 5.82 Å². The van der Waals surface area contributed by atoms with Gasteiger partial charge < -0.3 is 15.8 Å². The number of anilines is 2. The predicted molar refractivity (Wildman–Crippen MR) is 114 cm³/mol. The van der Waals surface area contributed by atoms with Crippen molar-refractivity contribution in [2.45, 2.75) is 32.0 Å². The lowest BCUT2D eigenvalue weighted by Crippen LogP contribution is -2.39. The van der Waals surface area contributed by atoms with E-state index in [2.05, 4.69) is 46.7 Å². The first-order valence-electron chi connectivity index (χ1n) is 9.41. The van der Waals surface area contributed by atoms with Gasteiger partial charge in [0.25, 0.3) is 0 Å². The van der Waals surface area contributed by atoms with E-state index in [0.717, 1.165) is 4.31 Å². The zero-order chi connectivity index (χ0) is 23.5. The molecule has 1 aliphatic heterocycles. The van der Waals surface area contributed by atoms with Crippen molar-refractivity contribution in [1.82, 2.24) is 14.6 Å². The Labute approximate surface area is 191 Å². The van der Waals surface area contributed by atoms with Crippen molar-refractivity contribution >= 4 is 43.6 Å². The van der Waals surface area contributed by atoms with Crippen LogP contribution in [0.1, 0.15) is 26.0 Å². The number of alkyl halides is 1. The van der Waals surface area contributed by atoms with Crippen molar-refractivity contribution in [1.29, 1.82) is 0 Å². The number of amidine groups is 1. The van der Waals surface area contributed by atoms with Gasteiger partial charge >= 0.3 is 10.3 Å². The number of hydrogen-bond donors (Lipinski definition) is 3. The zero-order valence-electron chi connectivity index (χ0n) is 17.0. The second-order valence-corrected chi connectivity index (χ2v) is 9.77. The highest BCUT2D eigenvalue weighted by molar-refractivity contribution is 9.10. The van der Waals surface area contributed by atoms with Gasteiger partial charge in [-0.1, -0.05) is 5.16 Å². The van der Waals surface area contributed by atoms with Gasteiger partial charge in [0, 0.05) is 12.2 Å². The highest BCUT2D eigenvalue weighted by atomic mass is 79.9. The van der Waals surface area contributed by atoms with E-state index in [0.29, 0.717) is 5.69 Å². The molecular formula is C17H21BrF2N6O5S.